The summed E-state index contributed by atoms with van der Waals surface area (Å²) in [6.45, 7) is 1.52. The molecule has 0 unspecified atom stereocenters. The van der Waals surface area contributed by atoms with Crippen molar-refractivity contribution in [3.8, 4) is 11.5 Å². The van der Waals surface area contributed by atoms with E-state index in [0.29, 0.717) is 31.9 Å². The molecule has 6 nitrogen and oxygen atoms in total. The molecule has 9 heteroatoms. The van der Waals surface area contributed by atoms with Crippen LogP contribution in [0.4, 0.5) is 0 Å². The molecule has 1 atom stereocenters. The maximum absolute atomic E-state index is 13.0. The number of hydrogen-bond donors (Lipinski definition) is 0. The molecule has 150 valence electrons. The molecule has 4 rings (SSSR count). The van der Waals surface area contributed by atoms with Crippen molar-refractivity contribution >= 4 is 38.8 Å². The van der Waals surface area contributed by atoms with Gasteiger partial charge < -0.3 is 14.4 Å². The summed E-state index contributed by atoms with van der Waals surface area (Å²) in [6.07, 6.45) is 0.508. The van der Waals surface area contributed by atoms with Gasteiger partial charge in [0.05, 0.1) is 23.8 Å². The molecule has 1 amide bonds. The second-order valence-electron chi connectivity index (χ2n) is 6.75. The van der Waals surface area contributed by atoms with Crippen molar-refractivity contribution in [2.24, 2.45) is 0 Å². The predicted octanol–water partition coefficient (Wildman–Crippen LogP) is 2.83. The Hall–Kier alpha value is -1.71. The first-order chi connectivity index (χ1) is 13.5. The number of nitrogens with zero attached hydrogens (tertiary/aromatic N) is 1. The molecule has 1 saturated heterocycles. The minimum absolute atomic E-state index is 0.0459. The van der Waals surface area contributed by atoms with Crippen molar-refractivity contribution < 1.29 is 22.7 Å². The lowest BCUT2D eigenvalue weighted by atomic mass is 10.2. The fourth-order valence-corrected chi connectivity index (χ4v) is 6.60. The molecule has 28 heavy (non-hydrogen) atoms. The van der Waals surface area contributed by atoms with Crippen LogP contribution in [0.5, 0.6) is 11.5 Å². The third-order valence-electron chi connectivity index (χ3n) is 4.75. The van der Waals surface area contributed by atoms with Gasteiger partial charge in [0.25, 0.3) is 0 Å². The van der Waals surface area contributed by atoms with Gasteiger partial charge >= 0.3 is 0 Å². The summed E-state index contributed by atoms with van der Waals surface area (Å²) in [5.41, 5.74) is 0. The normalized spacial score (nSPS) is 20.1. The van der Waals surface area contributed by atoms with E-state index in [4.69, 9.17) is 9.47 Å². The second-order valence-corrected chi connectivity index (χ2v) is 11.1. The quantitative estimate of drug-likeness (QED) is 0.645. The number of carbonyl (C=O) groups is 1. The molecule has 0 aliphatic carbocycles. The topological polar surface area (TPSA) is 72.9 Å². The summed E-state index contributed by atoms with van der Waals surface area (Å²) in [7, 11) is -3.06. The summed E-state index contributed by atoms with van der Waals surface area (Å²) in [5, 5.41) is 1.97. The summed E-state index contributed by atoms with van der Waals surface area (Å²) in [6, 6.07) is 9.32. The molecule has 1 aromatic carbocycles. The van der Waals surface area contributed by atoms with E-state index < -0.39 is 9.84 Å². The van der Waals surface area contributed by atoms with Crippen molar-refractivity contribution in [1.82, 2.24) is 4.90 Å². The molecular formula is C19H21NO5S3. The Morgan fingerprint density at radius 1 is 1.21 bits per heavy atom. The van der Waals surface area contributed by atoms with Crippen molar-refractivity contribution in [1.29, 1.82) is 0 Å². The zero-order chi connectivity index (χ0) is 19.6. The third kappa shape index (κ3) is 4.64. The minimum Gasteiger partial charge on any atom is -0.486 e. The van der Waals surface area contributed by atoms with Crippen LogP contribution in [0.1, 0.15) is 11.3 Å². The largest absolute Gasteiger partial charge is 0.486 e. The van der Waals surface area contributed by atoms with Gasteiger partial charge in [0.2, 0.25) is 5.91 Å². The number of thioether (sulfide) groups is 1. The van der Waals surface area contributed by atoms with Crippen LogP contribution in [0.15, 0.2) is 40.6 Å². The fourth-order valence-electron chi connectivity index (χ4n) is 3.35. The molecule has 1 aromatic heterocycles. The number of thiophene rings is 1. The van der Waals surface area contributed by atoms with Gasteiger partial charge in [-0.3, -0.25) is 4.79 Å². The molecule has 0 bridgehead atoms. The molecule has 2 aliphatic rings. The lowest BCUT2D eigenvalue weighted by Crippen LogP contribution is -2.41. The Morgan fingerprint density at radius 3 is 2.75 bits per heavy atom. The van der Waals surface area contributed by atoms with Gasteiger partial charge in [0.1, 0.15) is 13.2 Å². The number of benzene rings is 1. The van der Waals surface area contributed by atoms with E-state index in [1.807, 2.05) is 35.7 Å². The monoisotopic (exact) mass is 439 g/mol. The van der Waals surface area contributed by atoms with Crippen LogP contribution in [0.3, 0.4) is 0 Å². The van der Waals surface area contributed by atoms with Crippen LogP contribution in [0.2, 0.25) is 0 Å². The van der Waals surface area contributed by atoms with E-state index in [-0.39, 0.29) is 29.2 Å². The van der Waals surface area contributed by atoms with Gasteiger partial charge in [-0.1, -0.05) is 6.07 Å². The highest BCUT2D eigenvalue weighted by Gasteiger charge is 2.34. The first-order valence-electron chi connectivity index (χ1n) is 9.05. The summed E-state index contributed by atoms with van der Waals surface area (Å²) < 4.78 is 35.0. The predicted molar refractivity (Wildman–Crippen MR) is 110 cm³/mol. The number of amides is 1. The van der Waals surface area contributed by atoms with Crippen molar-refractivity contribution in [2.75, 3.05) is 30.5 Å². The standard InChI is InChI=1S/C19H21NO5S3/c21-19(12-27-15-3-4-17-18(10-15)25-7-6-24-17)20(11-16-2-1-8-26-16)14-5-9-28(22,23)13-14/h1-4,8,10,14H,5-7,9,11-13H2/t14-/m0/s1. The SMILES string of the molecule is O=C(CSc1ccc2c(c1)OCCO2)N(Cc1cccs1)[C@H]1CCS(=O)(=O)C1. The maximum Gasteiger partial charge on any atom is 0.233 e. The highest BCUT2D eigenvalue weighted by atomic mass is 32.2. The van der Waals surface area contributed by atoms with E-state index in [1.54, 1.807) is 16.2 Å². The maximum atomic E-state index is 13.0. The molecular weight excluding hydrogens is 418 g/mol. The van der Waals surface area contributed by atoms with E-state index >= 15 is 0 Å². The molecule has 1 fully saturated rings. The van der Waals surface area contributed by atoms with Gasteiger partial charge in [-0.15, -0.1) is 23.1 Å². The number of rotatable bonds is 6. The highest BCUT2D eigenvalue weighted by Crippen LogP contribution is 2.34. The minimum atomic E-state index is -3.06. The number of carbonyl (C=O) groups excluding carboxylic acids is 1. The molecule has 3 heterocycles. The van der Waals surface area contributed by atoms with Crippen LogP contribution in [-0.2, 0) is 21.2 Å². The zero-order valence-corrected chi connectivity index (χ0v) is 17.7. The number of ether oxygens (including phenoxy) is 2. The second kappa shape index (κ2) is 8.34. The Kier molecular flexibility index (Phi) is 5.84. The molecule has 2 aliphatic heterocycles. The van der Waals surface area contributed by atoms with Crippen LogP contribution < -0.4 is 9.47 Å². The third-order valence-corrected chi connectivity index (χ3v) is 8.34. The van der Waals surface area contributed by atoms with E-state index in [9.17, 15) is 13.2 Å². The van der Waals surface area contributed by atoms with Crippen LogP contribution in [0, 0.1) is 0 Å². The van der Waals surface area contributed by atoms with Crippen LogP contribution in [0.25, 0.3) is 0 Å². The molecule has 0 radical (unpaired) electrons. The van der Waals surface area contributed by atoms with E-state index in [1.165, 1.54) is 11.8 Å². The van der Waals surface area contributed by atoms with E-state index in [0.717, 1.165) is 15.5 Å². The Morgan fingerprint density at radius 2 is 2.04 bits per heavy atom. The fraction of sp³-hybridized carbons (Fsp3) is 0.421. The van der Waals surface area contributed by atoms with Crippen molar-refractivity contribution in [3.05, 3.63) is 40.6 Å². The number of fused-ring (bicyclic) bond motifs is 1. The summed E-state index contributed by atoms with van der Waals surface area (Å²) in [4.78, 5) is 16.7. The van der Waals surface area contributed by atoms with Crippen molar-refractivity contribution in [3.63, 3.8) is 0 Å². The number of hydrogen-bond acceptors (Lipinski definition) is 7. The average molecular weight is 440 g/mol. The lowest BCUT2D eigenvalue weighted by molar-refractivity contribution is -0.130. The number of sulfone groups is 1. The van der Waals surface area contributed by atoms with Gasteiger partial charge in [-0.25, -0.2) is 8.42 Å². The molecule has 0 spiro atoms. The first-order valence-corrected chi connectivity index (χ1v) is 12.7. The lowest BCUT2D eigenvalue weighted by Gasteiger charge is -2.28. The van der Waals surface area contributed by atoms with Crippen molar-refractivity contribution in [2.45, 2.75) is 23.9 Å². The van der Waals surface area contributed by atoms with Gasteiger partial charge in [0, 0.05) is 15.8 Å². The first kappa shape index (κ1) is 19.6. The zero-order valence-electron chi connectivity index (χ0n) is 15.2. The highest BCUT2D eigenvalue weighted by molar-refractivity contribution is 8.00. The van der Waals surface area contributed by atoms with Crippen LogP contribution in [-0.4, -0.2) is 55.7 Å². The Bertz CT molecular complexity index is 942. The summed E-state index contributed by atoms with van der Waals surface area (Å²) >= 11 is 3.00. The molecule has 0 N–H and O–H groups in total. The molecule has 0 saturated carbocycles. The smallest absolute Gasteiger partial charge is 0.233 e. The van der Waals surface area contributed by atoms with E-state index in [2.05, 4.69) is 0 Å². The van der Waals surface area contributed by atoms with Gasteiger partial charge in [0.15, 0.2) is 21.3 Å². The molecule has 2 aromatic rings. The summed E-state index contributed by atoms with van der Waals surface area (Å²) in [5.74, 6) is 1.83. The average Bonchev–Trinajstić information content (AvgIpc) is 3.33. The Labute approximate surface area is 172 Å². The van der Waals surface area contributed by atoms with Gasteiger partial charge in [-0.2, -0.15) is 0 Å². The van der Waals surface area contributed by atoms with Gasteiger partial charge in [-0.05, 0) is 36.1 Å². The van der Waals surface area contributed by atoms with Crippen LogP contribution >= 0.6 is 23.1 Å². The Balaban J connectivity index is 1.44.